The van der Waals surface area contributed by atoms with Crippen LogP contribution in [0.1, 0.15) is 32.6 Å². The molecule has 0 spiro atoms. The van der Waals surface area contributed by atoms with E-state index in [2.05, 4.69) is 0 Å². The molecule has 6 heteroatoms. The predicted octanol–water partition coefficient (Wildman–Crippen LogP) is 1.19. The van der Waals surface area contributed by atoms with Crippen LogP contribution in [0.3, 0.4) is 0 Å². The molecule has 2 aliphatic rings. The third-order valence-corrected chi connectivity index (χ3v) is 3.46. The summed E-state index contributed by atoms with van der Waals surface area (Å²) in [6.45, 7) is 2.89. The molecule has 17 heavy (non-hydrogen) atoms. The molecule has 2 fully saturated rings. The fourth-order valence-corrected chi connectivity index (χ4v) is 2.03. The Hall–Kier alpha value is -1.30. The molecule has 0 radical (unpaired) electrons. The van der Waals surface area contributed by atoms with Crippen molar-refractivity contribution in [2.45, 2.75) is 38.8 Å². The van der Waals surface area contributed by atoms with Gasteiger partial charge in [0.25, 0.3) is 0 Å². The van der Waals surface area contributed by atoms with Gasteiger partial charge in [0.15, 0.2) is 0 Å². The Labute approximate surface area is 100 Å². The van der Waals surface area contributed by atoms with Crippen molar-refractivity contribution in [3.63, 3.8) is 0 Å². The molecular formula is C11H18N2O4. The minimum Gasteiger partial charge on any atom is -0.439 e. The summed E-state index contributed by atoms with van der Waals surface area (Å²) in [5, 5.41) is 10.2. The molecule has 6 nitrogen and oxygen atoms in total. The molecule has 96 valence electrons. The second kappa shape index (κ2) is 4.91. The van der Waals surface area contributed by atoms with E-state index in [0.717, 1.165) is 19.3 Å². The van der Waals surface area contributed by atoms with E-state index in [-0.39, 0.29) is 11.9 Å². The first-order chi connectivity index (χ1) is 8.13. The lowest BCUT2D eigenvalue weighted by molar-refractivity contribution is -0.209. The van der Waals surface area contributed by atoms with Crippen LogP contribution in [0.15, 0.2) is 0 Å². The van der Waals surface area contributed by atoms with Gasteiger partial charge in [-0.05, 0) is 19.8 Å². The number of hydroxylamine groups is 2. The first-order valence-electron chi connectivity index (χ1n) is 6.11. The lowest BCUT2D eigenvalue weighted by Gasteiger charge is -2.37. The highest BCUT2D eigenvalue weighted by Crippen LogP contribution is 2.28. The minimum atomic E-state index is -0.821. The molecule has 1 saturated heterocycles. The lowest BCUT2D eigenvalue weighted by Crippen LogP contribution is -2.54. The van der Waals surface area contributed by atoms with Crippen LogP contribution in [0, 0.1) is 5.92 Å². The van der Waals surface area contributed by atoms with Gasteiger partial charge in [-0.25, -0.2) is 4.79 Å². The monoisotopic (exact) mass is 242 g/mol. The summed E-state index contributed by atoms with van der Waals surface area (Å²) < 4.78 is 5.16. The molecule has 2 amide bonds. The molecule has 0 aromatic heterocycles. The predicted molar refractivity (Wildman–Crippen MR) is 58.1 cm³/mol. The zero-order valence-electron chi connectivity index (χ0n) is 9.96. The number of rotatable bonds is 3. The molecule has 1 heterocycles. The Balaban J connectivity index is 1.89. The fourth-order valence-electron chi connectivity index (χ4n) is 2.03. The molecule has 1 aliphatic heterocycles. The van der Waals surface area contributed by atoms with Gasteiger partial charge in [-0.1, -0.05) is 6.42 Å². The Morgan fingerprint density at radius 2 is 2.18 bits per heavy atom. The maximum absolute atomic E-state index is 11.6. The first-order valence-corrected chi connectivity index (χ1v) is 6.11. The number of amides is 2. The maximum Gasteiger partial charge on any atom is 0.347 e. The Kier molecular flexibility index (Phi) is 3.51. The van der Waals surface area contributed by atoms with Crippen molar-refractivity contribution in [3.05, 3.63) is 0 Å². The van der Waals surface area contributed by atoms with Crippen molar-refractivity contribution < 1.29 is 19.5 Å². The second-order valence-electron chi connectivity index (χ2n) is 4.51. The van der Waals surface area contributed by atoms with Crippen LogP contribution >= 0.6 is 0 Å². The van der Waals surface area contributed by atoms with Crippen molar-refractivity contribution in [3.8, 4) is 0 Å². The molecular weight excluding hydrogens is 224 g/mol. The summed E-state index contributed by atoms with van der Waals surface area (Å²) in [5.41, 5.74) is 0. The van der Waals surface area contributed by atoms with E-state index in [0.29, 0.717) is 24.6 Å². The average Bonchev–Trinajstić information content (AvgIpc) is 2.23. The number of esters is 1. The molecule has 1 unspecified atom stereocenters. The van der Waals surface area contributed by atoms with Gasteiger partial charge in [0.1, 0.15) is 0 Å². The second-order valence-corrected chi connectivity index (χ2v) is 4.51. The summed E-state index contributed by atoms with van der Waals surface area (Å²) in [7, 11) is 0. The summed E-state index contributed by atoms with van der Waals surface area (Å²) in [6.07, 6.45) is 2.39. The molecule has 0 aromatic carbocycles. The average molecular weight is 242 g/mol. The molecule has 1 atom stereocenters. The number of carbonyl (C=O) groups is 2. The first kappa shape index (κ1) is 12.2. The maximum atomic E-state index is 11.6. The van der Waals surface area contributed by atoms with Crippen molar-refractivity contribution in [2.75, 3.05) is 13.1 Å². The fraction of sp³-hybridized carbons (Fsp3) is 0.818. The summed E-state index contributed by atoms with van der Waals surface area (Å²) >= 11 is 0. The van der Waals surface area contributed by atoms with Gasteiger partial charge in [-0.3, -0.25) is 10.0 Å². The van der Waals surface area contributed by atoms with E-state index < -0.39 is 12.3 Å². The highest BCUT2D eigenvalue weighted by atomic mass is 16.6. The van der Waals surface area contributed by atoms with Gasteiger partial charge in [-0.15, -0.1) is 0 Å². The lowest BCUT2D eigenvalue weighted by atomic mass is 9.86. The number of ether oxygens (including phenoxy) is 1. The highest BCUT2D eigenvalue weighted by molar-refractivity contribution is 5.76. The van der Waals surface area contributed by atoms with Gasteiger partial charge < -0.3 is 9.64 Å². The number of hydrogen-bond donors (Lipinski definition) is 1. The van der Waals surface area contributed by atoms with Crippen LogP contribution in [0.25, 0.3) is 0 Å². The number of hydrogen-bond acceptors (Lipinski definition) is 4. The van der Waals surface area contributed by atoms with Crippen molar-refractivity contribution in [2.24, 2.45) is 5.92 Å². The zero-order chi connectivity index (χ0) is 12.4. The number of urea groups is 1. The standard InChI is InChI=1S/C11H18N2O4/c1-2-12-7-6-9(13(16)11(12)15)17-10(14)8-4-3-5-8/h8-9,16H,2-7H2,1H3. The summed E-state index contributed by atoms with van der Waals surface area (Å²) in [5.74, 6) is -0.333. The third-order valence-electron chi connectivity index (χ3n) is 3.46. The van der Waals surface area contributed by atoms with Crippen molar-refractivity contribution in [1.82, 2.24) is 9.96 Å². The Morgan fingerprint density at radius 1 is 1.47 bits per heavy atom. The summed E-state index contributed by atoms with van der Waals surface area (Å²) in [4.78, 5) is 24.7. The smallest absolute Gasteiger partial charge is 0.347 e. The van der Waals surface area contributed by atoms with Crippen molar-refractivity contribution in [1.29, 1.82) is 0 Å². The quantitative estimate of drug-likeness (QED) is 0.596. The van der Waals surface area contributed by atoms with E-state index in [1.165, 1.54) is 4.90 Å². The molecule has 2 rings (SSSR count). The largest absolute Gasteiger partial charge is 0.439 e. The van der Waals surface area contributed by atoms with Crippen LogP contribution in [-0.4, -0.2) is 46.5 Å². The topological polar surface area (TPSA) is 70.1 Å². The summed E-state index contributed by atoms with van der Waals surface area (Å²) in [6, 6.07) is -0.495. The Morgan fingerprint density at radius 3 is 2.71 bits per heavy atom. The molecule has 0 aromatic rings. The van der Waals surface area contributed by atoms with E-state index in [1.54, 1.807) is 0 Å². The van der Waals surface area contributed by atoms with E-state index in [1.807, 2.05) is 6.92 Å². The number of carbonyl (C=O) groups excluding carboxylic acids is 2. The Bertz CT molecular complexity index is 317. The van der Waals surface area contributed by atoms with Gasteiger partial charge in [0.2, 0.25) is 6.23 Å². The zero-order valence-corrected chi connectivity index (χ0v) is 9.96. The van der Waals surface area contributed by atoms with E-state index in [4.69, 9.17) is 4.74 Å². The van der Waals surface area contributed by atoms with Crippen molar-refractivity contribution >= 4 is 12.0 Å². The van der Waals surface area contributed by atoms with Crippen LogP contribution in [-0.2, 0) is 9.53 Å². The van der Waals surface area contributed by atoms with Gasteiger partial charge in [0, 0.05) is 19.5 Å². The van der Waals surface area contributed by atoms with Gasteiger partial charge >= 0.3 is 12.0 Å². The van der Waals surface area contributed by atoms with Crippen LogP contribution in [0.4, 0.5) is 4.79 Å². The van der Waals surface area contributed by atoms with E-state index >= 15 is 0 Å². The molecule has 1 N–H and O–H groups in total. The third kappa shape index (κ3) is 2.36. The SMILES string of the molecule is CCN1CCC(OC(=O)C2CCC2)N(O)C1=O. The molecule has 1 aliphatic carbocycles. The van der Waals surface area contributed by atoms with Gasteiger partial charge in [-0.2, -0.15) is 5.06 Å². The minimum absolute atomic E-state index is 0.0392. The molecule has 0 bridgehead atoms. The molecule has 1 saturated carbocycles. The van der Waals surface area contributed by atoms with Crippen LogP contribution < -0.4 is 0 Å². The number of nitrogens with zero attached hydrogens (tertiary/aromatic N) is 2. The van der Waals surface area contributed by atoms with E-state index in [9.17, 15) is 14.8 Å². The normalized spacial score (nSPS) is 25.8. The van der Waals surface area contributed by atoms with Gasteiger partial charge in [0.05, 0.1) is 5.92 Å². The van der Waals surface area contributed by atoms with Crippen LogP contribution in [0.2, 0.25) is 0 Å². The van der Waals surface area contributed by atoms with Crippen LogP contribution in [0.5, 0.6) is 0 Å². The highest BCUT2D eigenvalue weighted by Gasteiger charge is 2.36.